The Kier molecular flexibility index (Phi) is 2.06. The largest absolute Gasteiger partial charge is 0.382 e. The van der Waals surface area contributed by atoms with Gasteiger partial charge in [0.05, 0.1) is 0 Å². The van der Waals surface area contributed by atoms with Gasteiger partial charge in [-0.15, -0.1) is 0 Å². The highest BCUT2D eigenvalue weighted by Gasteiger charge is 2.33. The number of ketones is 1. The molecule has 0 spiro atoms. The van der Waals surface area contributed by atoms with Gasteiger partial charge in [0.15, 0.2) is 5.78 Å². The third kappa shape index (κ3) is 1.36. The zero-order chi connectivity index (χ0) is 7.61. The fourth-order valence-corrected chi connectivity index (χ4v) is 1.19. The van der Waals surface area contributed by atoms with Crippen LogP contribution < -0.4 is 5.32 Å². The average Bonchev–Trinajstić information content (AvgIpc) is 1.89. The molecule has 58 valence electrons. The molecular weight excluding hydrogens is 130 g/mol. The lowest BCUT2D eigenvalue weighted by molar-refractivity contribution is -0.137. The second-order valence-electron chi connectivity index (χ2n) is 2.84. The fourth-order valence-electron chi connectivity index (χ4n) is 1.19. The third-order valence-electron chi connectivity index (χ3n) is 2.09. The van der Waals surface area contributed by atoms with E-state index in [1.165, 1.54) is 6.92 Å². The van der Waals surface area contributed by atoms with Crippen molar-refractivity contribution in [2.45, 2.75) is 25.4 Å². The van der Waals surface area contributed by atoms with Gasteiger partial charge < -0.3 is 10.4 Å². The smallest absolute Gasteiger partial charge is 0.161 e. The first kappa shape index (κ1) is 7.69. The zero-order valence-corrected chi connectivity index (χ0v) is 6.18. The molecule has 0 aromatic heterocycles. The maximum Gasteiger partial charge on any atom is 0.161 e. The van der Waals surface area contributed by atoms with Crippen molar-refractivity contribution in [1.29, 1.82) is 0 Å². The van der Waals surface area contributed by atoms with Crippen molar-refractivity contribution in [2.24, 2.45) is 0 Å². The Balaban J connectivity index is 2.56. The summed E-state index contributed by atoms with van der Waals surface area (Å²) >= 11 is 0. The number of carbonyl (C=O) groups is 1. The van der Waals surface area contributed by atoms with Crippen molar-refractivity contribution < 1.29 is 9.90 Å². The number of rotatable bonds is 1. The lowest BCUT2D eigenvalue weighted by atomic mass is 9.89. The zero-order valence-electron chi connectivity index (χ0n) is 6.18. The van der Waals surface area contributed by atoms with Gasteiger partial charge in [-0.05, 0) is 32.9 Å². The van der Waals surface area contributed by atoms with Crippen LogP contribution in [0.4, 0.5) is 0 Å². The summed E-state index contributed by atoms with van der Waals surface area (Å²) in [7, 11) is 0. The predicted octanol–water partition coefficient (Wildman–Crippen LogP) is -0.310. The van der Waals surface area contributed by atoms with Gasteiger partial charge in [0.25, 0.3) is 0 Å². The highest BCUT2D eigenvalue weighted by atomic mass is 16.3. The maximum atomic E-state index is 10.8. The Morgan fingerprint density at radius 2 is 2.00 bits per heavy atom. The average molecular weight is 143 g/mol. The van der Waals surface area contributed by atoms with Crippen molar-refractivity contribution in [3.05, 3.63) is 0 Å². The maximum absolute atomic E-state index is 10.8. The van der Waals surface area contributed by atoms with Crippen molar-refractivity contribution >= 4 is 5.78 Å². The van der Waals surface area contributed by atoms with Crippen LogP contribution in [0, 0.1) is 0 Å². The summed E-state index contributed by atoms with van der Waals surface area (Å²) in [5.74, 6) is -0.103. The summed E-state index contributed by atoms with van der Waals surface area (Å²) in [6.45, 7) is 2.94. The number of aliphatic hydroxyl groups is 1. The number of nitrogens with one attached hydrogen (secondary N) is 1. The standard InChI is InChI=1S/C7H13NO2/c1-6(9)7(10)2-4-8-5-3-7/h8,10H,2-5H2,1H3. The van der Waals surface area contributed by atoms with Crippen LogP contribution in [0.15, 0.2) is 0 Å². The molecule has 3 nitrogen and oxygen atoms in total. The Labute approximate surface area is 60.4 Å². The topological polar surface area (TPSA) is 49.3 Å². The van der Waals surface area contributed by atoms with Gasteiger partial charge in [-0.3, -0.25) is 4.79 Å². The lowest BCUT2D eigenvalue weighted by Gasteiger charge is -2.29. The molecule has 0 saturated carbocycles. The second kappa shape index (κ2) is 2.68. The molecule has 0 aliphatic carbocycles. The van der Waals surface area contributed by atoms with Crippen LogP contribution in [0.2, 0.25) is 0 Å². The highest BCUT2D eigenvalue weighted by Crippen LogP contribution is 2.18. The Morgan fingerprint density at radius 3 is 2.30 bits per heavy atom. The van der Waals surface area contributed by atoms with Crippen LogP contribution in [0.1, 0.15) is 19.8 Å². The van der Waals surface area contributed by atoms with E-state index in [-0.39, 0.29) is 5.78 Å². The molecule has 1 rings (SSSR count). The number of Topliss-reactive ketones (excluding diaryl/α,β-unsaturated/α-hetero) is 1. The van der Waals surface area contributed by atoms with Crippen molar-refractivity contribution in [3.8, 4) is 0 Å². The van der Waals surface area contributed by atoms with E-state index < -0.39 is 5.60 Å². The summed E-state index contributed by atoms with van der Waals surface area (Å²) in [4.78, 5) is 10.8. The normalized spacial score (nSPS) is 24.2. The molecule has 0 bridgehead atoms. The van der Waals surface area contributed by atoms with E-state index in [4.69, 9.17) is 0 Å². The first-order valence-corrected chi connectivity index (χ1v) is 3.59. The van der Waals surface area contributed by atoms with Crippen LogP contribution in [0.5, 0.6) is 0 Å². The molecule has 1 aliphatic rings. The molecule has 3 heteroatoms. The minimum atomic E-state index is -1.02. The number of piperidine rings is 1. The van der Waals surface area contributed by atoms with E-state index in [0.717, 1.165) is 13.1 Å². The van der Waals surface area contributed by atoms with Gasteiger partial charge in [-0.1, -0.05) is 0 Å². The van der Waals surface area contributed by atoms with Crippen molar-refractivity contribution in [2.75, 3.05) is 13.1 Å². The minimum absolute atomic E-state index is 0.103. The quantitative estimate of drug-likeness (QED) is 0.529. The van der Waals surface area contributed by atoms with E-state index >= 15 is 0 Å². The van der Waals surface area contributed by atoms with Crippen molar-refractivity contribution in [3.63, 3.8) is 0 Å². The summed E-state index contributed by atoms with van der Waals surface area (Å²) in [6, 6.07) is 0. The van der Waals surface area contributed by atoms with Crippen LogP contribution in [0.25, 0.3) is 0 Å². The number of hydrogen-bond acceptors (Lipinski definition) is 3. The molecule has 0 aromatic rings. The molecule has 0 amide bonds. The van der Waals surface area contributed by atoms with E-state index in [9.17, 15) is 9.90 Å². The van der Waals surface area contributed by atoms with E-state index in [1.807, 2.05) is 0 Å². The molecule has 1 saturated heterocycles. The van der Waals surface area contributed by atoms with E-state index in [0.29, 0.717) is 12.8 Å². The van der Waals surface area contributed by atoms with Crippen molar-refractivity contribution in [1.82, 2.24) is 5.32 Å². The summed E-state index contributed by atoms with van der Waals surface area (Å²) < 4.78 is 0. The second-order valence-corrected chi connectivity index (χ2v) is 2.84. The van der Waals surface area contributed by atoms with Gasteiger partial charge in [0.2, 0.25) is 0 Å². The van der Waals surface area contributed by atoms with Gasteiger partial charge in [0.1, 0.15) is 5.60 Å². The summed E-state index contributed by atoms with van der Waals surface area (Å²) in [6.07, 6.45) is 1.12. The monoisotopic (exact) mass is 143 g/mol. The minimum Gasteiger partial charge on any atom is -0.382 e. The Morgan fingerprint density at radius 1 is 1.50 bits per heavy atom. The van der Waals surface area contributed by atoms with Gasteiger partial charge >= 0.3 is 0 Å². The molecule has 0 radical (unpaired) electrons. The molecule has 10 heavy (non-hydrogen) atoms. The molecule has 2 N–H and O–H groups in total. The molecule has 1 fully saturated rings. The number of carbonyl (C=O) groups excluding carboxylic acids is 1. The lowest BCUT2D eigenvalue weighted by Crippen LogP contribution is -2.46. The third-order valence-corrected chi connectivity index (χ3v) is 2.09. The first-order valence-electron chi connectivity index (χ1n) is 3.59. The SMILES string of the molecule is CC(=O)C1(O)CCNCC1. The number of hydrogen-bond donors (Lipinski definition) is 2. The highest BCUT2D eigenvalue weighted by molar-refractivity contribution is 5.84. The molecule has 0 aromatic carbocycles. The predicted molar refractivity (Wildman–Crippen MR) is 37.7 cm³/mol. The molecular formula is C7H13NO2. The molecule has 1 aliphatic heterocycles. The van der Waals surface area contributed by atoms with Gasteiger partial charge in [-0.25, -0.2) is 0 Å². The Bertz CT molecular complexity index is 139. The molecule has 1 heterocycles. The Hall–Kier alpha value is -0.410. The van der Waals surface area contributed by atoms with Crippen LogP contribution in [-0.2, 0) is 4.79 Å². The van der Waals surface area contributed by atoms with Gasteiger partial charge in [-0.2, -0.15) is 0 Å². The first-order chi connectivity index (χ1) is 4.65. The van der Waals surface area contributed by atoms with Gasteiger partial charge in [0, 0.05) is 0 Å². The van der Waals surface area contributed by atoms with Crippen LogP contribution in [-0.4, -0.2) is 29.6 Å². The molecule has 0 unspecified atom stereocenters. The van der Waals surface area contributed by atoms with E-state index in [2.05, 4.69) is 5.32 Å². The van der Waals surface area contributed by atoms with E-state index in [1.54, 1.807) is 0 Å². The van der Waals surface area contributed by atoms with Crippen LogP contribution in [0.3, 0.4) is 0 Å². The summed E-state index contributed by atoms with van der Waals surface area (Å²) in [5, 5.41) is 12.6. The summed E-state index contributed by atoms with van der Waals surface area (Å²) in [5.41, 5.74) is -1.02. The van der Waals surface area contributed by atoms with Crippen LogP contribution >= 0.6 is 0 Å². The fraction of sp³-hybridized carbons (Fsp3) is 0.857. The molecule has 0 atom stereocenters.